The van der Waals surface area contributed by atoms with Crippen LogP contribution in [0, 0.1) is 0 Å². The summed E-state index contributed by atoms with van der Waals surface area (Å²) in [5, 5.41) is 2.99. The minimum absolute atomic E-state index is 0.0751. The van der Waals surface area contributed by atoms with Crippen molar-refractivity contribution in [3.05, 3.63) is 47.8 Å². The van der Waals surface area contributed by atoms with Crippen molar-refractivity contribution in [2.45, 2.75) is 31.1 Å². The van der Waals surface area contributed by atoms with Crippen LogP contribution in [0.15, 0.2) is 41.3 Å². The topological polar surface area (TPSA) is 87.5 Å². The number of aromatic nitrogens is 2. The second-order valence-electron chi connectivity index (χ2n) is 8.25. The van der Waals surface area contributed by atoms with E-state index in [4.69, 9.17) is 0 Å². The molecule has 3 aromatic rings. The fourth-order valence-corrected chi connectivity index (χ4v) is 5.05. The summed E-state index contributed by atoms with van der Waals surface area (Å²) in [7, 11) is 1.36. The number of rotatable bonds is 7. The van der Waals surface area contributed by atoms with Crippen LogP contribution in [-0.2, 0) is 34.7 Å². The molecule has 1 N–H and O–H groups in total. The average molecular weight is 456 g/mol. The molecule has 0 radical (unpaired) electrons. The maximum Gasteiger partial charge on any atom is 0.242 e. The fraction of sp³-hybridized carbons (Fsp3) is 0.391. The molecule has 0 saturated heterocycles. The van der Waals surface area contributed by atoms with Crippen LogP contribution in [0.4, 0.5) is 11.4 Å². The second-order valence-corrected chi connectivity index (χ2v) is 10.4. The molecule has 0 fully saturated rings. The Bertz CT molecular complexity index is 1280. The standard InChI is InChI=1S/C23H29N5O3S/c1-5-28-13-12-16-6-7-17(14-21(16)28)24-23(29)11-10-22-25-19-15-18(32(30,31)26(2)3)8-9-20(19)27(22)4/h6-9,14-15H,5,10-13H2,1-4H3,(H,24,29). The van der Waals surface area contributed by atoms with E-state index in [1.807, 2.05) is 23.7 Å². The van der Waals surface area contributed by atoms with Gasteiger partial charge in [-0.15, -0.1) is 0 Å². The maximum atomic E-state index is 12.6. The van der Waals surface area contributed by atoms with Gasteiger partial charge in [-0.05, 0) is 49.2 Å². The third kappa shape index (κ3) is 4.10. The first kappa shape index (κ1) is 22.3. The first-order valence-electron chi connectivity index (χ1n) is 10.8. The van der Waals surface area contributed by atoms with Crippen molar-refractivity contribution in [3.63, 3.8) is 0 Å². The van der Waals surface area contributed by atoms with Crippen LogP contribution in [0.1, 0.15) is 24.7 Å². The summed E-state index contributed by atoms with van der Waals surface area (Å²) in [4.78, 5) is 19.7. The molecule has 0 aliphatic carbocycles. The minimum Gasteiger partial charge on any atom is -0.371 e. The Morgan fingerprint density at radius 1 is 1.19 bits per heavy atom. The highest BCUT2D eigenvalue weighted by Crippen LogP contribution is 2.30. The Labute approximate surface area is 188 Å². The molecule has 170 valence electrons. The van der Waals surface area contributed by atoms with E-state index in [0.717, 1.165) is 36.5 Å². The Kier molecular flexibility index (Phi) is 5.96. The number of carbonyl (C=O) groups is 1. The Hall–Kier alpha value is -2.91. The number of anilines is 2. The zero-order valence-corrected chi connectivity index (χ0v) is 19.7. The lowest BCUT2D eigenvalue weighted by Crippen LogP contribution is -2.22. The highest BCUT2D eigenvalue weighted by Gasteiger charge is 2.20. The van der Waals surface area contributed by atoms with Crippen LogP contribution in [0.5, 0.6) is 0 Å². The highest BCUT2D eigenvalue weighted by molar-refractivity contribution is 7.89. The van der Waals surface area contributed by atoms with Crippen molar-refractivity contribution in [2.24, 2.45) is 7.05 Å². The number of amides is 1. The molecule has 1 aliphatic rings. The van der Waals surface area contributed by atoms with Crippen molar-refractivity contribution in [3.8, 4) is 0 Å². The van der Waals surface area contributed by atoms with Crippen LogP contribution in [-0.4, -0.2) is 55.4 Å². The lowest BCUT2D eigenvalue weighted by molar-refractivity contribution is -0.116. The van der Waals surface area contributed by atoms with E-state index in [0.29, 0.717) is 11.9 Å². The Balaban J connectivity index is 1.46. The Morgan fingerprint density at radius 3 is 2.69 bits per heavy atom. The molecule has 1 aromatic heterocycles. The molecule has 1 amide bonds. The summed E-state index contributed by atoms with van der Waals surface area (Å²) in [6, 6.07) is 11.0. The number of hydrogen-bond donors (Lipinski definition) is 1. The van der Waals surface area contributed by atoms with Gasteiger partial charge in [0.1, 0.15) is 5.82 Å². The molecule has 0 unspecified atom stereocenters. The van der Waals surface area contributed by atoms with E-state index < -0.39 is 10.0 Å². The van der Waals surface area contributed by atoms with Gasteiger partial charge >= 0.3 is 0 Å². The van der Waals surface area contributed by atoms with Crippen LogP contribution in [0.2, 0.25) is 0 Å². The zero-order chi connectivity index (χ0) is 23.0. The van der Waals surface area contributed by atoms with Crippen molar-refractivity contribution in [1.82, 2.24) is 13.9 Å². The normalized spacial score (nSPS) is 13.7. The number of carbonyl (C=O) groups excluding carboxylic acids is 1. The molecule has 8 nitrogen and oxygen atoms in total. The van der Waals surface area contributed by atoms with E-state index in [-0.39, 0.29) is 17.2 Å². The van der Waals surface area contributed by atoms with Crippen LogP contribution < -0.4 is 10.2 Å². The van der Waals surface area contributed by atoms with Crippen molar-refractivity contribution in [1.29, 1.82) is 0 Å². The smallest absolute Gasteiger partial charge is 0.242 e. The van der Waals surface area contributed by atoms with E-state index in [2.05, 4.69) is 28.2 Å². The predicted molar refractivity (Wildman–Crippen MR) is 127 cm³/mol. The lowest BCUT2D eigenvalue weighted by atomic mass is 10.1. The summed E-state index contributed by atoms with van der Waals surface area (Å²) in [5.41, 5.74) is 4.75. The number of nitrogens with zero attached hydrogens (tertiary/aromatic N) is 4. The van der Waals surface area contributed by atoms with Gasteiger partial charge in [0.2, 0.25) is 15.9 Å². The number of likely N-dealkylation sites (N-methyl/N-ethyl adjacent to an activating group) is 1. The molecule has 32 heavy (non-hydrogen) atoms. The molecule has 9 heteroatoms. The number of sulfonamides is 1. The first-order chi connectivity index (χ1) is 15.2. The predicted octanol–water partition coefficient (Wildman–Crippen LogP) is 2.78. The lowest BCUT2D eigenvalue weighted by Gasteiger charge is -2.17. The summed E-state index contributed by atoms with van der Waals surface area (Å²) in [6.45, 7) is 4.11. The summed E-state index contributed by atoms with van der Waals surface area (Å²) in [5.74, 6) is 0.662. The number of fused-ring (bicyclic) bond motifs is 2. The highest BCUT2D eigenvalue weighted by atomic mass is 32.2. The van der Waals surface area contributed by atoms with E-state index in [1.165, 1.54) is 29.7 Å². The molecule has 0 bridgehead atoms. The third-order valence-corrected chi connectivity index (χ3v) is 7.85. The minimum atomic E-state index is -3.53. The molecular formula is C23H29N5O3S. The molecule has 0 atom stereocenters. The first-order valence-corrected chi connectivity index (χ1v) is 12.2. The number of aryl methyl sites for hydroxylation is 2. The van der Waals surface area contributed by atoms with Gasteiger partial charge in [-0.1, -0.05) is 6.07 Å². The molecule has 4 rings (SSSR count). The summed E-state index contributed by atoms with van der Waals surface area (Å²) >= 11 is 0. The molecule has 2 aromatic carbocycles. The monoisotopic (exact) mass is 455 g/mol. The molecule has 0 saturated carbocycles. The van der Waals surface area contributed by atoms with Crippen molar-refractivity contribution >= 4 is 38.3 Å². The van der Waals surface area contributed by atoms with Crippen molar-refractivity contribution in [2.75, 3.05) is 37.4 Å². The number of benzene rings is 2. The summed E-state index contributed by atoms with van der Waals surface area (Å²) < 4.78 is 27.9. The van der Waals surface area contributed by atoms with Gasteiger partial charge in [0.15, 0.2) is 0 Å². The van der Waals surface area contributed by atoms with Crippen molar-refractivity contribution < 1.29 is 13.2 Å². The fourth-order valence-electron chi connectivity index (χ4n) is 4.12. The maximum absolute atomic E-state index is 12.6. The zero-order valence-electron chi connectivity index (χ0n) is 18.9. The van der Waals surface area contributed by atoms with Crippen LogP contribution in [0.3, 0.4) is 0 Å². The van der Waals surface area contributed by atoms with Gasteiger partial charge in [0.05, 0.1) is 15.9 Å². The molecule has 1 aliphatic heterocycles. The van der Waals surface area contributed by atoms with E-state index in [9.17, 15) is 13.2 Å². The summed E-state index contributed by atoms with van der Waals surface area (Å²) in [6.07, 6.45) is 1.79. The molecular weight excluding hydrogens is 426 g/mol. The van der Waals surface area contributed by atoms with Gasteiger partial charge in [-0.3, -0.25) is 4.79 Å². The Morgan fingerprint density at radius 2 is 1.97 bits per heavy atom. The van der Waals surface area contributed by atoms with E-state index >= 15 is 0 Å². The largest absolute Gasteiger partial charge is 0.371 e. The third-order valence-electron chi connectivity index (χ3n) is 6.04. The van der Waals surface area contributed by atoms with Gasteiger partial charge in [-0.25, -0.2) is 17.7 Å². The number of imidazole rings is 1. The van der Waals surface area contributed by atoms with E-state index in [1.54, 1.807) is 18.2 Å². The van der Waals surface area contributed by atoms with Gasteiger partial charge < -0.3 is 14.8 Å². The van der Waals surface area contributed by atoms with Gasteiger partial charge in [0.25, 0.3) is 0 Å². The second kappa shape index (κ2) is 8.55. The number of nitrogens with one attached hydrogen (secondary N) is 1. The number of hydrogen-bond acceptors (Lipinski definition) is 5. The van der Waals surface area contributed by atoms with Gasteiger partial charge in [0, 0.05) is 58.4 Å². The molecule has 0 spiro atoms. The average Bonchev–Trinajstić information content (AvgIpc) is 3.32. The van der Waals surface area contributed by atoms with Crippen LogP contribution >= 0.6 is 0 Å². The molecule has 2 heterocycles. The SMILES string of the molecule is CCN1CCc2ccc(NC(=O)CCc3nc4cc(S(=O)(=O)N(C)C)ccc4n3C)cc21. The quantitative estimate of drug-likeness (QED) is 0.592. The van der Waals surface area contributed by atoms with Gasteiger partial charge in [-0.2, -0.15) is 0 Å². The van der Waals surface area contributed by atoms with Crippen LogP contribution in [0.25, 0.3) is 11.0 Å².